The van der Waals surface area contributed by atoms with Crippen molar-refractivity contribution >= 4 is 0 Å². The Morgan fingerprint density at radius 3 is 1.62 bits per heavy atom. The van der Waals surface area contributed by atoms with Crippen LogP contribution < -0.4 is 0 Å². The molecule has 0 saturated carbocycles. The van der Waals surface area contributed by atoms with E-state index >= 15 is 8.78 Å². The standard InChI is InChI=1S/C40H31F7/c1-3-4-5-26-6-8-27(9-7-26)10-11-28-12-15-30(16-13-28)31-17-19-34(36(42)23-31)32-20-25(2)33(35(41)24-32)18-14-29-21-37(43)39(38(44)22-29)40(45,46)47/h6-9,12-13,15-17,19-24H,3-5,10-11H2,1-2H3. The maximum Gasteiger partial charge on any atom is 0.422 e. The second-order valence-corrected chi connectivity index (χ2v) is 11.5. The first kappa shape index (κ1) is 33.5. The molecule has 0 fully saturated rings. The van der Waals surface area contributed by atoms with Crippen molar-refractivity contribution in [3.8, 4) is 34.1 Å². The SMILES string of the molecule is CCCCc1ccc(CCc2ccc(-c3ccc(-c4cc(C)c(C#Cc5cc(F)c(C(F)(F)F)c(F)c5)c(F)c4)c(F)c3)cc2)cc1. The minimum atomic E-state index is -5.21. The van der Waals surface area contributed by atoms with Gasteiger partial charge in [0.25, 0.3) is 0 Å². The van der Waals surface area contributed by atoms with Gasteiger partial charge in [0.2, 0.25) is 0 Å². The summed E-state index contributed by atoms with van der Waals surface area (Å²) in [5.74, 6) is -0.251. The van der Waals surface area contributed by atoms with Crippen molar-refractivity contribution in [2.45, 2.75) is 52.1 Å². The maximum atomic E-state index is 15.3. The van der Waals surface area contributed by atoms with Gasteiger partial charge >= 0.3 is 6.18 Å². The van der Waals surface area contributed by atoms with Crippen LogP contribution in [0.4, 0.5) is 30.7 Å². The lowest BCUT2D eigenvalue weighted by Gasteiger charge is -2.10. The van der Waals surface area contributed by atoms with E-state index in [1.165, 1.54) is 48.6 Å². The molecule has 0 nitrogen and oxygen atoms in total. The molecule has 7 heteroatoms. The molecule has 0 aliphatic carbocycles. The molecule has 0 atom stereocenters. The van der Waals surface area contributed by atoms with E-state index in [4.69, 9.17) is 0 Å². The van der Waals surface area contributed by atoms with Crippen LogP contribution in [0.5, 0.6) is 0 Å². The molecule has 0 aliphatic heterocycles. The first-order valence-corrected chi connectivity index (χ1v) is 15.3. The van der Waals surface area contributed by atoms with Gasteiger partial charge in [0.05, 0.1) is 5.56 Å². The van der Waals surface area contributed by atoms with Crippen LogP contribution in [0.15, 0.2) is 91.0 Å². The van der Waals surface area contributed by atoms with Crippen molar-refractivity contribution in [1.29, 1.82) is 0 Å². The van der Waals surface area contributed by atoms with Gasteiger partial charge in [-0.05, 0) is 102 Å². The highest BCUT2D eigenvalue weighted by Crippen LogP contribution is 2.34. The Morgan fingerprint density at radius 2 is 1.09 bits per heavy atom. The molecule has 0 spiro atoms. The average molecular weight is 645 g/mol. The number of hydrogen-bond acceptors (Lipinski definition) is 0. The Hall–Kier alpha value is -4.83. The maximum absolute atomic E-state index is 15.3. The smallest absolute Gasteiger partial charge is 0.206 e. The summed E-state index contributed by atoms with van der Waals surface area (Å²) in [6.45, 7) is 3.72. The number of benzene rings is 5. The Morgan fingerprint density at radius 1 is 0.553 bits per heavy atom. The number of aryl methyl sites for hydroxylation is 4. The Labute approximate surface area is 269 Å². The molecule has 0 radical (unpaired) electrons. The molecule has 47 heavy (non-hydrogen) atoms. The van der Waals surface area contributed by atoms with E-state index in [-0.39, 0.29) is 16.7 Å². The van der Waals surface area contributed by atoms with E-state index in [9.17, 15) is 22.0 Å². The number of unbranched alkanes of at least 4 members (excludes halogenated alkanes) is 1. The van der Waals surface area contributed by atoms with Crippen LogP contribution in [0.1, 0.15) is 58.7 Å². The lowest BCUT2D eigenvalue weighted by atomic mass is 9.95. The summed E-state index contributed by atoms with van der Waals surface area (Å²) in [6, 6.07) is 24.9. The lowest BCUT2D eigenvalue weighted by molar-refractivity contribution is -0.142. The molecule has 0 heterocycles. The molecule has 240 valence electrons. The van der Waals surface area contributed by atoms with Gasteiger partial charge in [-0.15, -0.1) is 0 Å². The van der Waals surface area contributed by atoms with Crippen LogP contribution in [0.3, 0.4) is 0 Å². The van der Waals surface area contributed by atoms with Gasteiger partial charge in [0, 0.05) is 11.1 Å². The zero-order valence-electron chi connectivity index (χ0n) is 25.8. The quantitative estimate of drug-likeness (QED) is 0.116. The molecule has 0 bridgehead atoms. The number of halogens is 7. The third-order valence-electron chi connectivity index (χ3n) is 8.06. The number of hydrogen-bond donors (Lipinski definition) is 0. The molecule has 5 rings (SSSR count). The fraction of sp³-hybridized carbons (Fsp3) is 0.200. The Balaban J connectivity index is 1.28. The van der Waals surface area contributed by atoms with E-state index in [1.54, 1.807) is 12.1 Å². The van der Waals surface area contributed by atoms with Crippen molar-refractivity contribution in [2.75, 3.05) is 0 Å². The topological polar surface area (TPSA) is 0 Å². The minimum Gasteiger partial charge on any atom is -0.206 e. The number of alkyl halides is 3. The minimum absolute atomic E-state index is 0.129. The summed E-state index contributed by atoms with van der Waals surface area (Å²) in [6.07, 6.45) is 0.0559. The molecular formula is C40H31F7. The second-order valence-electron chi connectivity index (χ2n) is 11.5. The van der Waals surface area contributed by atoms with Crippen LogP contribution in [0, 0.1) is 42.0 Å². The lowest BCUT2D eigenvalue weighted by Crippen LogP contribution is -2.11. The van der Waals surface area contributed by atoms with Crippen LogP contribution in [-0.4, -0.2) is 0 Å². The van der Waals surface area contributed by atoms with Gasteiger partial charge in [-0.25, -0.2) is 17.6 Å². The largest absolute Gasteiger partial charge is 0.422 e. The van der Waals surface area contributed by atoms with Gasteiger partial charge in [-0.2, -0.15) is 13.2 Å². The van der Waals surface area contributed by atoms with E-state index in [1.807, 2.05) is 24.3 Å². The molecule has 0 N–H and O–H groups in total. The van der Waals surface area contributed by atoms with Crippen molar-refractivity contribution in [3.05, 3.63) is 153 Å². The zero-order chi connectivity index (χ0) is 33.7. The van der Waals surface area contributed by atoms with Gasteiger partial charge in [-0.3, -0.25) is 0 Å². The van der Waals surface area contributed by atoms with Crippen LogP contribution in [0.2, 0.25) is 0 Å². The molecule has 0 aromatic heterocycles. The molecule has 0 saturated heterocycles. The van der Waals surface area contributed by atoms with Gasteiger partial charge in [0.1, 0.15) is 28.8 Å². The highest BCUT2D eigenvalue weighted by Gasteiger charge is 2.37. The van der Waals surface area contributed by atoms with Crippen molar-refractivity contribution in [1.82, 2.24) is 0 Å². The summed E-state index contributed by atoms with van der Waals surface area (Å²) in [5.41, 5.74) is 3.51. The molecule has 5 aromatic carbocycles. The summed E-state index contributed by atoms with van der Waals surface area (Å²) in [7, 11) is 0. The first-order valence-electron chi connectivity index (χ1n) is 15.3. The average Bonchev–Trinajstić information content (AvgIpc) is 3.02. The summed E-state index contributed by atoms with van der Waals surface area (Å²) in [4.78, 5) is 0. The third kappa shape index (κ3) is 8.13. The first-order chi connectivity index (χ1) is 22.4. The van der Waals surface area contributed by atoms with E-state index in [2.05, 4.69) is 43.0 Å². The Bertz CT molecular complexity index is 1900. The van der Waals surface area contributed by atoms with Crippen LogP contribution >= 0.6 is 0 Å². The van der Waals surface area contributed by atoms with Crippen molar-refractivity contribution in [2.24, 2.45) is 0 Å². The normalized spacial score (nSPS) is 11.3. The molecule has 0 unspecified atom stereocenters. The third-order valence-corrected chi connectivity index (χ3v) is 8.06. The highest BCUT2D eigenvalue weighted by atomic mass is 19.4. The fourth-order valence-electron chi connectivity index (χ4n) is 5.44. The summed E-state index contributed by atoms with van der Waals surface area (Å²) < 4.78 is 96.8. The molecule has 0 aliphatic rings. The highest BCUT2D eigenvalue weighted by molar-refractivity contribution is 5.72. The molecule has 0 amide bonds. The van der Waals surface area contributed by atoms with Crippen molar-refractivity contribution in [3.63, 3.8) is 0 Å². The van der Waals surface area contributed by atoms with Crippen molar-refractivity contribution < 1.29 is 30.7 Å². The van der Waals surface area contributed by atoms with E-state index in [0.717, 1.165) is 30.9 Å². The van der Waals surface area contributed by atoms with Gasteiger partial charge in [0.15, 0.2) is 0 Å². The summed E-state index contributed by atoms with van der Waals surface area (Å²) >= 11 is 0. The summed E-state index contributed by atoms with van der Waals surface area (Å²) in [5, 5.41) is 0. The van der Waals surface area contributed by atoms with Gasteiger partial charge < -0.3 is 0 Å². The fourth-order valence-corrected chi connectivity index (χ4v) is 5.44. The van der Waals surface area contributed by atoms with E-state index < -0.39 is 40.6 Å². The Kier molecular flexibility index (Phi) is 10.2. The zero-order valence-corrected chi connectivity index (χ0v) is 25.8. The predicted molar refractivity (Wildman–Crippen MR) is 172 cm³/mol. The van der Waals surface area contributed by atoms with Crippen LogP contribution in [-0.2, 0) is 25.4 Å². The monoisotopic (exact) mass is 644 g/mol. The van der Waals surface area contributed by atoms with Crippen LogP contribution in [0.25, 0.3) is 22.3 Å². The molecular weight excluding hydrogens is 613 g/mol. The van der Waals surface area contributed by atoms with E-state index in [0.29, 0.717) is 23.3 Å². The predicted octanol–water partition coefficient (Wildman–Crippen LogP) is 11.4. The second kappa shape index (κ2) is 14.3. The van der Waals surface area contributed by atoms with Gasteiger partial charge in [-0.1, -0.05) is 85.8 Å². The molecule has 5 aromatic rings. The number of rotatable bonds is 8.